The van der Waals surface area contributed by atoms with Gasteiger partial charge in [-0.05, 0) is 23.8 Å². The van der Waals surface area contributed by atoms with Crippen molar-refractivity contribution < 1.29 is 9.59 Å². The first-order chi connectivity index (χ1) is 10.1. The third kappa shape index (κ3) is 2.90. The fourth-order valence-corrected chi connectivity index (χ4v) is 2.52. The van der Waals surface area contributed by atoms with Gasteiger partial charge in [0.15, 0.2) is 0 Å². The van der Waals surface area contributed by atoms with Crippen molar-refractivity contribution in [3.63, 3.8) is 0 Å². The van der Waals surface area contributed by atoms with Crippen molar-refractivity contribution in [1.29, 1.82) is 0 Å². The predicted molar refractivity (Wildman–Crippen MR) is 82.3 cm³/mol. The Kier molecular flexibility index (Phi) is 3.62. The summed E-state index contributed by atoms with van der Waals surface area (Å²) in [5.74, 6) is -0.545. The Labute approximate surface area is 127 Å². The smallest absolute Gasteiger partial charge is 0.236 e. The van der Waals surface area contributed by atoms with Crippen LogP contribution in [0.5, 0.6) is 0 Å². The molecule has 0 saturated carbocycles. The molecule has 2 amide bonds. The molecule has 1 aliphatic heterocycles. The number of amides is 2. The van der Waals surface area contributed by atoms with Gasteiger partial charge in [-0.25, -0.2) is 0 Å². The van der Waals surface area contributed by atoms with Gasteiger partial charge in [0.25, 0.3) is 0 Å². The van der Waals surface area contributed by atoms with Gasteiger partial charge in [-0.15, -0.1) is 0 Å². The Morgan fingerprint density at radius 2 is 1.86 bits per heavy atom. The van der Waals surface area contributed by atoms with E-state index in [4.69, 9.17) is 11.6 Å². The van der Waals surface area contributed by atoms with E-state index < -0.39 is 0 Å². The van der Waals surface area contributed by atoms with Crippen LogP contribution in [-0.4, -0.2) is 11.8 Å². The number of hydrogen-bond acceptors (Lipinski definition) is 2. The number of nitrogens with one attached hydrogen (secondary N) is 1. The van der Waals surface area contributed by atoms with Crippen LogP contribution in [0, 0.1) is 0 Å². The van der Waals surface area contributed by atoms with Gasteiger partial charge in [0.1, 0.15) is 6.42 Å². The third-order valence-corrected chi connectivity index (χ3v) is 3.55. The van der Waals surface area contributed by atoms with E-state index in [1.807, 2.05) is 30.3 Å². The molecule has 0 atom stereocenters. The molecule has 0 radical (unpaired) electrons. The van der Waals surface area contributed by atoms with Crippen LogP contribution in [0.2, 0.25) is 5.02 Å². The second-order valence-electron chi connectivity index (χ2n) is 4.85. The summed E-state index contributed by atoms with van der Waals surface area (Å²) in [6, 6.07) is 14.8. The van der Waals surface area contributed by atoms with Crippen LogP contribution in [0.4, 0.5) is 11.4 Å². The molecule has 2 aromatic carbocycles. The summed E-state index contributed by atoms with van der Waals surface area (Å²) in [5, 5.41) is 3.24. The SMILES string of the molecule is O=C1CC(=O)N(Cc2ccccc2)c2ccc(Cl)cc2N1. The van der Waals surface area contributed by atoms with Gasteiger partial charge in [-0.1, -0.05) is 41.9 Å². The Hall–Kier alpha value is -2.33. The summed E-state index contributed by atoms with van der Waals surface area (Å²) in [7, 11) is 0. The predicted octanol–water partition coefficient (Wildman–Crippen LogP) is 3.22. The number of anilines is 2. The number of fused-ring (bicyclic) bond motifs is 1. The monoisotopic (exact) mass is 300 g/mol. The average molecular weight is 301 g/mol. The van der Waals surface area contributed by atoms with E-state index in [9.17, 15) is 9.59 Å². The number of halogens is 1. The Morgan fingerprint density at radius 3 is 2.62 bits per heavy atom. The fourth-order valence-electron chi connectivity index (χ4n) is 2.34. The number of nitrogens with zero attached hydrogens (tertiary/aromatic N) is 1. The van der Waals surface area contributed by atoms with Crippen LogP contribution in [0.3, 0.4) is 0 Å². The standard InChI is InChI=1S/C16H13ClN2O2/c17-12-6-7-14-13(8-12)18-15(20)9-16(21)19(14)10-11-4-2-1-3-5-11/h1-8H,9-10H2,(H,18,20). The van der Waals surface area contributed by atoms with Crippen LogP contribution in [0.1, 0.15) is 12.0 Å². The molecular weight excluding hydrogens is 288 g/mol. The summed E-state index contributed by atoms with van der Waals surface area (Å²) >= 11 is 5.97. The summed E-state index contributed by atoms with van der Waals surface area (Å²) in [6.07, 6.45) is -0.168. The highest BCUT2D eigenvalue weighted by atomic mass is 35.5. The van der Waals surface area contributed by atoms with E-state index in [-0.39, 0.29) is 18.2 Å². The van der Waals surface area contributed by atoms with Gasteiger partial charge in [0, 0.05) is 5.02 Å². The molecule has 0 aromatic heterocycles. The molecule has 0 fully saturated rings. The van der Waals surface area contributed by atoms with E-state index in [1.165, 1.54) is 0 Å². The van der Waals surface area contributed by atoms with Crippen molar-refractivity contribution in [2.75, 3.05) is 10.2 Å². The lowest BCUT2D eigenvalue weighted by Gasteiger charge is -2.22. The minimum absolute atomic E-state index is 0.168. The normalized spacial score (nSPS) is 14.4. The molecule has 106 valence electrons. The van der Waals surface area contributed by atoms with Gasteiger partial charge in [-0.2, -0.15) is 0 Å². The molecule has 3 rings (SSSR count). The van der Waals surface area contributed by atoms with Gasteiger partial charge >= 0.3 is 0 Å². The number of carbonyl (C=O) groups is 2. The highest BCUT2D eigenvalue weighted by Gasteiger charge is 2.26. The molecule has 2 aromatic rings. The second kappa shape index (κ2) is 5.58. The highest BCUT2D eigenvalue weighted by Crippen LogP contribution is 2.32. The van der Waals surface area contributed by atoms with E-state index >= 15 is 0 Å². The lowest BCUT2D eigenvalue weighted by Crippen LogP contribution is -2.30. The number of hydrogen-bond donors (Lipinski definition) is 1. The van der Waals surface area contributed by atoms with Crippen molar-refractivity contribution in [3.05, 3.63) is 59.1 Å². The van der Waals surface area contributed by atoms with E-state index in [1.54, 1.807) is 23.1 Å². The number of carbonyl (C=O) groups excluding carboxylic acids is 2. The van der Waals surface area contributed by atoms with E-state index in [0.29, 0.717) is 22.9 Å². The Balaban J connectivity index is 2.02. The minimum atomic E-state index is -0.320. The molecule has 5 heteroatoms. The quantitative estimate of drug-likeness (QED) is 0.866. The average Bonchev–Trinajstić information content (AvgIpc) is 2.56. The number of rotatable bonds is 2. The Bertz CT molecular complexity index is 701. The summed E-state index contributed by atoms with van der Waals surface area (Å²) < 4.78 is 0. The van der Waals surface area contributed by atoms with Crippen molar-refractivity contribution in [2.45, 2.75) is 13.0 Å². The van der Waals surface area contributed by atoms with Gasteiger partial charge in [-0.3, -0.25) is 9.59 Å². The first-order valence-electron chi connectivity index (χ1n) is 6.57. The maximum absolute atomic E-state index is 12.3. The zero-order chi connectivity index (χ0) is 14.8. The first-order valence-corrected chi connectivity index (χ1v) is 6.95. The summed E-state index contributed by atoms with van der Waals surface area (Å²) in [4.78, 5) is 25.7. The molecule has 1 aliphatic rings. The molecule has 0 bridgehead atoms. The third-order valence-electron chi connectivity index (χ3n) is 3.32. The zero-order valence-electron chi connectivity index (χ0n) is 11.2. The van der Waals surface area contributed by atoms with E-state index in [0.717, 1.165) is 5.56 Å². The molecular formula is C16H13ClN2O2. The van der Waals surface area contributed by atoms with Crippen molar-refractivity contribution in [3.8, 4) is 0 Å². The molecule has 1 N–H and O–H groups in total. The van der Waals surface area contributed by atoms with E-state index in [2.05, 4.69) is 5.32 Å². The fraction of sp³-hybridized carbons (Fsp3) is 0.125. The molecule has 21 heavy (non-hydrogen) atoms. The molecule has 1 heterocycles. The lowest BCUT2D eigenvalue weighted by molar-refractivity contribution is -0.125. The molecule has 0 saturated heterocycles. The first kappa shape index (κ1) is 13.6. The van der Waals surface area contributed by atoms with Crippen LogP contribution in [0.15, 0.2) is 48.5 Å². The van der Waals surface area contributed by atoms with Crippen LogP contribution in [-0.2, 0) is 16.1 Å². The highest BCUT2D eigenvalue weighted by molar-refractivity contribution is 6.31. The van der Waals surface area contributed by atoms with Crippen molar-refractivity contribution >= 4 is 34.8 Å². The van der Waals surface area contributed by atoms with Crippen molar-refractivity contribution in [2.24, 2.45) is 0 Å². The lowest BCUT2D eigenvalue weighted by atomic mass is 10.2. The van der Waals surface area contributed by atoms with Crippen molar-refractivity contribution in [1.82, 2.24) is 0 Å². The van der Waals surface area contributed by atoms with Gasteiger partial charge in [0.05, 0.1) is 17.9 Å². The second-order valence-corrected chi connectivity index (χ2v) is 5.29. The largest absolute Gasteiger partial charge is 0.324 e. The maximum Gasteiger partial charge on any atom is 0.236 e. The Morgan fingerprint density at radius 1 is 1.10 bits per heavy atom. The van der Waals surface area contributed by atoms with Gasteiger partial charge in [0.2, 0.25) is 11.8 Å². The van der Waals surface area contributed by atoms with Crippen LogP contribution >= 0.6 is 11.6 Å². The summed E-state index contributed by atoms with van der Waals surface area (Å²) in [6.45, 7) is 0.420. The van der Waals surface area contributed by atoms with Crippen LogP contribution < -0.4 is 10.2 Å². The van der Waals surface area contributed by atoms with Gasteiger partial charge < -0.3 is 10.2 Å². The summed E-state index contributed by atoms with van der Waals surface area (Å²) in [5.41, 5.74) is 2.23. The number of benzene rings is 2. The molecule has 4 nitrogen and oxygen atoms in total. The zero-order valence-corrected chi connectivity index (χ0v) is 11.9. The van der Waals surface area contributed by atoms with Crippen LogP contribution in [0.25, 0.3) is 0 Å². The molecule has 0 spiro atoms. The topological polar surface area (TPSA) is 49.4 Å². The molecule has 0 aliphatic carbocycles. The maximum atomic E-state index is 12.3. The minimum Gasteiger partial charge on any atom is -0.324 e. The molecule has 0 unspecified atom stereocenters.